The summed E-state index contributed by atoms with van der Waals surface area (Å²) >= 11 is 0. The van der Waals surface area contributed by atoms with E-state index in [0.29, 0.717) is 23.8 Å². The van der Waals surface area contributed by atoms with Gasteiger partial charge in [0.05, 0.1) is 27.9 Å². The predicted octanol–water partition coefficient (Wildman–Crippen LogP) is 1.99. The van der Waals surface area contributed by atoms with Crippen LogP contribution < -0.4 is 19.5 Å². The molecule has 0 saturated carbocycles. The highest BCUT2D eigenvalue weighted by Crippen LogP contribution is 2.38. The average Bonchev–Trinajstić information content (AvgIpc) is 2.43. The van der Waals surface area contributed by atoms with Gasteiger partial charge in [0.25, 0.3) is 0 Å². The van der Waals surface area contributed by atoms with Gasteiger partial charge in [-0.15, -0.1) is 12.4 Å². The van der Waals surface area contributed by atoms with Crippen LogP contribution >= 0.6 is 12.4 Å². The molecule has 0 aromatic heterocycles. The number of nitrogens with one attached hydrogen (secondary N) is 1. The highest BCUT2D eigenvalue weighted by atomic mass is 35.5. The molecule has 0 saturated heterocycles. The van der Waals surface area contributed by atoms with Gasteiger partial charge in [-0.3, -0.25) is 0 Å². The summed E-state index contributed by atoms with van der Waals surface area (Å²) < 4.78 is 15.9. The van der Waals surface area contributed by atoms with E-state index in [-0.39, 0.29) is 24.6 Å². The zero-order chi connectivity index (χ0) is 14.5. The maximum absolute atomic E-state index is 9.22. The van der Waals surface area contributed by atoms with Gasteiger partial charge in [0, 0.05) is 12.1 Å². The molecule has 6 heteroatoms. The highest BCUT2D eigenvalue weighted by Gasteiger charge is 2.17. The van der Waals surface area contributed by atoms with Gasteiger partial charge < -0.3 is 24.6 Å². The number of aliphatic hydroxyl groups excluding tert-OH is 1. The molecule has 2 N–H and O–H groups in total. The zero-order valence-corrected chi connectivity index (χ0v) is 13.5. The molecule has 0 unspecified atom stereocenters. The van der Waals surface area contributed by atoms with E-state index in [2.05, 4.69) is 5.32 Å². The Morgan fingerprint density at radius 1 is 1.05 bits per heavy atom. The number of methoxy groups -OCH3 is 3. The Hall–Kier alpha value is -1.17. The van der Waals surface area contributed by atoms with Crippen molar-refractivity contribution < 1.29 is 19.3 Å². The van der Waals surface area contributed by atoms with E-state index in [0.717, 1.165) is 5.56 Å². The van der Waals surface area contributed by atoms with Gasteiger partial charge in [0.15, 0.2) is 11.5 Å². The minimum Gasteiger partial charge on any atom is -0.493 e. The van der Waals surface area contributed by atoms with Gasteiger partial charge in [0.1, 0.15) is 0 Å². The van der Waals surface area contributed by atoms with E-state index in [1.165, 1.54) is 0 Å². The van der Waals surface area contributed by atoms with Gasteiger partial charge in [-0.25, -0.2) is 0 Å². The molecular weight excluding hydrogens is 282 g/mol. The third kappa shape index (κ3) is 4.74. The molecule has 1 aromatic rings. The monoisotopic (exact) mass is 305 g/mol. The van der Waals surface area contributed by atoms with Crippen LogP contribution in [0.4, 0.5) is 0 Å². The lowest BCUT2D eigenvalue weighted by molar-refractivity contribution is 0.187. The van der Waals surface area contributed by atoms with E-state index in [1.807, 2.05) is 26.0 Å². The first-order chi connectivity index (χ1) is 8.97. The first-order valence-corrected chi connectivity index (χ1v) is 6.12. The largest absolute Gasteiger partial charge is 0.493 e. The van der Waals surface area contributed by atoms with Crippen LogP contribution in [0.5, 0.6) is 17.2 Å². The molecule has 5 nitrogen and oxygen atoms in total. The van der Waals surface area contributed by atoms with Gasteiger partial charge in [0.2, 0.25) is 5.75 Å². The molecule has 0 aliphatic rings. The number of hydrogen-bond donors (Lipinski definition) is 2. The maximum atomic E-state index is 9.22. The van der Waals surface area contributed by atoms with Crippen LogP contribution in [0.25, 0.3) is 0 Å². The summed E-state index contributed by atoms with van der Waals surface area (Å²) in [5.41, 5.74) is 0.663. The molecule has 1 rings (SSSR count). The van der Waals surface area contributed by atoms with Crippen LogP contribution in [0.1, 0.15) is 19.4 Å². The number of halogens is 1. The maximum Gasteiger partial charge on any atom is 0.203 e. The van der Waals surface area contributed by atoms with Crippen molar-refractivity contribution in [1.29, 1.82) is 0 Å². The highest BCUT2D eigenvalue weighted by molar-refractivity contribution is 5.85. The summed E-state index contributed by atoms with van der Waals surface area (Å²) in [6.45, 7) is 4.54. The lowest BCUT2D eigenvalue weighted by Crippen LogP contribution is -2.42. The second kappa shape index (κ2) is 8.19. The summed E-state index contributed by atoms with van der Waals surface area (Å²) in [5, 5.41) is 12.5. The Morgan fingerprint density at radius 3 is 1.90 bits per heavy atom. The summed E-state index contributed by atoms with van der Waals surface area (Å²) in [7, 11) is 4.76. The van der Waals surface area contributed by atoms with Crippen molar-refractivity contribution in [2.75, 3.05) is 27.9 Å². The third-order valence-corrected chi connectivity index (χ3v) is 2.89. The first kappa shape index (κ1) is 18.8. The Morgan fingerprint density at radius 2 is 1.55 bits per heavy atom. The third-order valence-electron chi connectivity index (χ3n) is 2.89. The summed E-state index contributed by atoms with van der Waals surface area (Å²) in [6.07, 6.45) is 0. The Balaban J connectivity index is 0.00000361. The van der Waals surface area contributed by atoms with Gasteiger partial charge >= 0.3 is 0 Å². The van der Waals surface area contributed by atoms with Crippen molar-refractivity contribution in [2.24, 2.45) is 0 Å². The minimum absolute atomic E-state index is 0. The normalized spacial score (nSPS) is 10.7. The zero-order valence-electron chi connectivity index (χ0n) is 12.6. The van der Waals surface area contributed by atoms with Crippen molar-refractivity contribution in [3.05, 3.63) is 17.7 Å². The molecule has 1 aromatic carbocycles. The van der Waals surface area contributed by atoms with E-state index in [4.69, 9.17) is 14.2 Å². The Bertz CT molecular complexity index is 399. The fraction of sp³-hybridized carbons (Fsp3) is 0.571. The van der Waals surface area contributed by atoms with Crippen LogP contribution in [0.3, 0.4) is 0 Å². The van der Waals surface area contributed by atoms with Crippen molar-refractivity contribution in [3.8, 4) is 17.2 Å². The molecule has 0 aliphatic heterocycles. The van der Waals surface area contributed by atoms with Crippen molar-refractivity contribution >= 4 is 12.4 Å². The number of ether oxygens (including phenoxy) is 3. The summed E-state index contributed by atoms with van der Waals surface area (Å²) in [6, 6.07) is 3.78. The number of rotatable bonds is 7. The molecule has 0 spiro atoms. The average molecular weight is 306 g/mol. The number of benzene rings is 1. The fourth-order valence-electron chi connectivity index (χ4n) is 1.63. The van der Waals surface area contributed by atoms with Crippen LogP contribution in [-0.4, -0.2) is 38.6 Å². The molecule has 0 atom stereocenters. The number of hydrogen-bond acceptors (Lipinski definition) is 5. The smallest absolute Gasteiger partial charge is 0.203 e. The number of aliphatic hydroxyl groups is 1. The Labute approximate surface area is 126 Å². The molecule has 20 heavy (non-hydrogen) atoms. The predicted molar refractivity (Wildman–Crippen MR) is 81.4 cm³/mol. The second-order valence-corrected chi connectivity index (χ2v) is 4.93. The van der Waals surface area contributed by atoms with Gasteiger partial charge in [-0.2, -0.15) is 0 Å². The molecule has 0 bridgehead atoms. The fourth-order valence-corrected chi connectivity index (χ4v) is 1.63. The van der Waals surface area contributed by atoms with E-state index >= 15 is 0 Å². The minimum atomic E-state index is -0.333. The topological polar surface area (TPSA) is 60.0 Å². The molecule has 0 heterocycles. The SMILES string of the molecule is COc1cc(CNC(C)(C)CO)cc(OC)c1OC.Cl. The molecule has 0 aliphatic carbocycles. The van der Waals surface area contributed by atoms with Gasteiger partial charge in [-0.1, -0.05) is 0 Å². The molecule has 0 radical (unpaired) electrons. The van der Waals surface area contributed by atoms with E-state index in [1.54, 1.807) is 21.3 Å². The van der Waals surface area contributed by atoms with Crippen molar-refractivity contribution in [1.82, 2.24) is 5.32 Å². The van der Waals surface area contributed by atoms with Crippen molar-refractivity contribution in [2.45, 2.75) is 25.9 Å². The van der Waals surface area contributed by atoms with Crippen LogP contribution in [0, 0.1) is 0 Å². The van der Waals surface area contributed by atoms with Gasteiger partial charge in [-0.05, 0) is 31.5 Å². The Kier molecular flexibility index (Phi) is 7.71. The standard InChI is InChI=1S/C14H23NO4.ClH/c1-14(2,9-16)15-8-10-6-11(17-3)13(19-5)12(7-10)18-4;/h6-7,15-16H,8-9H2,1-5H3;1H. The second-order valence-electron chi connectivity index (χ2n) is 4.93. The lowest BCUT2D eigenvalue weighted by Gasteiger charge is -2.24. The molecule has 0 amide bonds. The first-order valence-electron chi connectivity index (χ1n) is 6.12. The lowest BCUT2D eigenvalue weighted by atomic mass is 10.1. The molecule has 0 fully saturated rings. The van der Waals surface area contributed by atoms with Crippen LogP contribution in [-0.2, 0) is 6.54 Å². The molecule has 116 valence electrons. The van der Waals surface area contributed by atoms with Crippen molar-refractivity contribution in [3.63, 3.8) is 0 Å². The van der Waals surface area contributed by atoms with E-state index in [9.17, 15) is 5.11 Å². The quantitative estimate of drug-likeness (QED) is 0.807. The van der Waals surface area contributed by atoms with Crippen LogP contribution in [0.15, 0.2) is 12.1 Å². The summed E-state index contributed by atoms with van der Waals surface area (Å²) in [4.78, 5) is 0. The summed E-state index contributed by atoms with van der Waals surface area (Å²) in [5.74, 6) is 1.83. The molecular formula is C14H24ClNO4. The van der Waals surface area contributed by atoms with Crippen LogP contribution in [0.2, 0.25) is 0 Å². The van der Waals surface area contributed by atoms with E-state index < -0.39 is 0 Å².